The second-order valence-corrected chi connectivity index (χ2v) is 10.3. The van der Waals surface area contributed by atoms with Gasteiger partial charge in [0.1, 0.15) is 65.9 Å². The van der Waals surface area contributed by atoms with Crippen molar-refractivity contribution >= 4 is 6.08 Å². The lowest BCUT2D eigenvalue weighted by Gasteiger charge is -2.40. The van der Waals surface area contributed by atoms with E-state index in [2.05, 4.69) is 4.74 Å². The fraction of sp³-hybridized carbons (Fsp3) is 0.481. The SMILES string of the molecule is OCC1OC(OC2=Cc3c(OC4OC(CO)C(O)C(O)C4O)cc(O)cc3[OH+]C2c2ccc(O)c(O)c2)C(O)C(O)C1O. The predicted octanol–water partition coefficient (Wildman–Crippen LogP) is -2.86. The Hall–Kier alpha value is -3.42. The molecule has 0 saturated carbocycles. The molecule has 16 nitrogen and oxygen atoms in total. The first-order valence-corrected chi connectivity index (χ1v) is 13.2. The molecular formula is C27H33O16+. The van der Waals surface area contributed by atoms with E-state index in [1.807, 2.05) is 0 Å². The average molecular weight is 614 g/mol. The van der Waals surface area contributed by atoms with E-state index < -0.39 is 92.2 Å². The van der Waals surface area contributed by atoms with Crippen molar-refractivity contribution in [3.8, 4) is 28.7 Å². The summed E-state index contributed by atoms with van der Waals surface area (Å²) in [6.07, 6.45) is -16.0. The van der Waals surface area contributed by atoms with E-state index in [-0.39, 0.29) is 34.1 Å². The summed E-state index contributed by atoms with van der Waals surface area (Å²) >= 11 is 0. The van der Waals surface area contributed by atoms with Gasteiger partial charge in [0.05, 0.1) is 24.8 Å². The van der Waals surface area contributed by atoms with Crippen LogP contribution < -0.4 is 4.74 Å². The predicted molar refractivity (Wildman–Crippen MR) is 140 cm³/mol. The summed E-state index contributed by atoms with van der Waals surface area (Å²) in [4.78, 5) is 0. The quantitative estimate of drug-likeness (QED) is 0.111. The minimum atomic E-state index is -1.79. The van der Waals surface area contributed by atoms with Crippen LogP contribution in [0.1, 0.15) is 17.2 Å². The molecule has 2 aromatic carbocycles. The lowest BCUT2D eigenvalue weighted by molar-refractivity contribution is -0.295. The number of fused-ring (bicyclic) bond motifs is 1. The van der Waals surface area contributed by atoms with Crippen LogP contribution in [0.3, 0.4) is 0 Å². The number of phenols is 3. The molecule has 2 saturated heterocycles. The number of phenolic OH excluding ortho intramolecular Hbond substituents is 3. The molecule has 0 aliphatic carbocycles. The molecule has 3 heterocycles. The lowest BCUT2D eigenvalue weighted by atomic mass is 9.98. The van der Waals surface area contributed by atoms with Crippen molar-refractivity contribution < 1.29 is 79.9 Å². The first-order valence-electron chi connectivity index (χ1n) is 13.2. The Morgan fingerprint density at radius 2 is 1.26 bits per heavy atom. The van der Waals surface area contributed by atoms with E-state index in [4.69, 9.17) is 18.9 Å². The zero-order chi connectivity index (χ0) is 31.2. The van der Waals surface area contributed by atoms with Crippen molar-refractivity contribution in [3.05, 3.63) is 47.2 Å². The molecule has 5 rings (SSSR count). The standard InChI is InChI=1S/C27H32O16/c28-7-17-19(33)21(35)23(37)26(42-17)40-15-5-10(30)4-14-11(15)6-16(25(39-14)9-1-2-12(31)13(32)3-9)41-27-24(38)22(36)20(34)18(8-29)43-27/h1-6,17-38H,7-8H2/p+1. The number of hydrogen-bond acceptors (Lipinski definition) is 15. The molecule has 43 heavy (non-hydrogen) atoms. The molecule has 0 spiro atoms. The Morgan fingerprint density at radius 3 is 1.81 bits per heavy atom. The Kier molecular flexibility index (Phi) is 8.87. The van der Waals surface area contributed by atoms with Gasteiger partial charge in [-0.25, -0.2) is 0 Å². The van der Waals surface area contributed by atoms with Crippen molar-refractivity contribution in [2.75, 3.05) is 13.2 Å². The number of hydrogen-bond donors (Lipinski definition) is 11. The minimum Gasteiger partial charge on any atom is -0.571 e. The Balaban J connectivity index is 1.54. The Bertz CT molecular complexity index is 1330. The monoisotopic (exact) mass is 613 g/mol. The zero-order valence-corrected chi connectivity index (χ0v) is 22.2. The van der Waals surface area contributed by atoms with E-state index in [1.54, 1.807) is 0 Å². The maximum atomic E-state index is 10.6. The van der Waals surface area contributed by atoms with E-state index in [1.165, 1.54) is 30.3 Å². The summed E-state index contributed by atoms with van der Waals surface area (Å²) in [5.41, 5.74) is 0.380. The third kappa shape index (κ3) is 5.89. The molecule has 16 heteroatoms. The number of rotatable bonds is 7. The molecule has 0 aromatic heterocycles. The Labute approximate surface area is 243 Å². The van der Waals surface area contributed by atoms with Crippen molar-refractivity contribution in [2.24, 2.45) is 0 Å². The second-order valence-electron chi connectivity index (χ2n) is 10.3. The van der Waals surface area contributed by atoms with Gasteiger partial charge in [-0.15, -0.1) is 0 Å². The van der Waals surface area contributed by atoms with E-state index in [9.17, 15) is 56.2 Å². The Morgan fingerprint density at radius 1 is 0.674 bits per heavy atom. The van der Waals surface area contributed by atoms with Crippen LogP contribution >= 0.6 is 0 Å². The fourth-order valence-corrected chi connectivity index (χ4v) is 5.01. The minimum absolute atomic E-state index is 0.0914. The van der Waals surface area contributed by atoms with E-state index in [0.29, 0.717) is 0 Å². The number of aliphatic hydroxyl groups excluding tert-OH is 8. The van der Waals surface area contributed by atoms with Crippen molar-refractivity contribution in [1.82, 2.24) is 0 Å². The van der Waals surface area contributed by atoms with Crippen LogP contribution in [0, 0.1) is 0 Å². The summed E-state index contributed by atoms with van der Waals surface area (Å²) in [5, 5.41) is 111. The highest BCUT2D eigenvalue weighted by molar-refractivity contribution is 5.70. The van der Waals surface area contributed by atoms with Crippen LogP contribution in [0.2, 0.25) is 0 Å². The molecule has 0 amide bonds. The molecule has 11 atom stereocenters. The normalized spacial score (nSPS) is 35.8. The number of ether oxygens (including phenoxy) is 5. The summed E-state index contributed by atoms with van der Waals surface area (Å²) in [6, 6.07) is 6.17. The van der Waals surface area contributed by atoms with Crippen molar-refractivity contribution in [3.63, 3.8) is 0 Å². The van der Waals surface area contributed by atoms with Crippen LogP contribution in [-0.4, -0.2) is 136 Å². The summed E-state index contributed by atoms with van der Waals surface area (Å²) in [7, 11) is 0. The highest BCUT2D eigenvalue weighted by Gasteiger charge is 2.48. The third-order valence-electron chi connectivity index (χ3n) is 7.44. The summed E-state index contributed by atoms with van der Waals surface area (Å²) < 4.78 is 27.1. The van der Waals surface area contributed by atoms with Crippen LogP contribution in [0.4, 0.5) is 0 Å². The van der Waals surface area contributed by atoms with Crippen molar-refractivity contribution in [2.45, 2.75) is 67.5 Å². The van der Waals surface area contributed by atoms with Crippen LogP contribution in [0.15, 0.2) is 36.1 Å². The molecule has 3 aliphatic heterocycles. The van der Waals surface area contributed by atoms with Gasteiger partial charge in [-0.3, -0.25) is 0 Å². The number of aliphatic hydroxyl groups is 9. The molecule has 0 radical (unpaired) electrons. The van der Waals surface area contributed by atoms with E-state index >= 15 is 0 Å². The zero-order valence-electron chi connectivity index (χ0n) is 22.2. The molecule has 0 bridgehead atoms. The van der Waals surface area contributed by atoms with Gasteiger partial charge in [0, 0.05) is 12.1 Å². The molecular weight excluding hydrogens is 580 g/mol. The number of aromatic hydroxyl groups is 4. The molecule has 2 aromatic rings. The fourth-order valence-electron chi connectivity index (χ4n) is 5.01. The van der Waals surface area contributed by atoms with Gasteiger partial charge in [0.2, 0.25) is 12.6 Å². The first kappa shape index (κ1) is 31.0. The maximum Gasteiger partial charge on any atom is 0.270 e. The number of benzene rings is 2. The highest BCUT2D eigenvalue weighted by Crippen LogP contribution is 2.47. The van der Waals surface area contributed by atoms with Gasteiger partial charge in [-0.05, 0) is 18.2 Å². The summed E-state index contributed by atoms with van der Waals surface area (Å²) in [6.45, 7) is -1.43. The van der Waals surface area contributed by atoms with Crippen LogP contribution in [0.25, 0.3) is 6.08 Å². The molecule has 236 valence electrons. The van der Waals surface area contributed by atoms with Gasteiger partial charge in [-0.1, -0.05) is 0 Å². The van der Waals surface area contributed by atoms with Crippen LogP contribution in [-0.2, 0) is 14.2 Å². The molecule has 3 aliphatic rings. The maximum absolute atomic E-state index is 10.6. The van der Waals surface area contributed by atoms with Gasteiger partial charge in [0.25, 0.3) is 11.9 Å². The molecule has 2 fully saturated rings. The third-order valence-corrected chi connectivity index (χ3v) is 7.44. The topological polar surface area (TPSA) is 272 Å². The highest BCUT2D eigenvalue weighted by atomic mass is 16.7. The van der Waals surface area contributed by atoms with Crippen molar-refractivity contribution in [1.29, 1.82) is 0 Å². The smallest absolute Gasteiger partial charge is 0.270 e. The van der Waals surface area contributed by atoms with Gasteiger partial charge < -0.3 is 79.9 Å². The largest absolute Gasteiger partial charge is 0.571 e. The lowest BCUT2D eigenvalue weighted by Crippen LogP contribution is -2.60. The summed E-state index contributed by atoms with van der Waals surface area (Å²) in [5.74, 6) is -1.42. The van der Waals surface area contributed by atoms with E-state index in [0.717, 1.165) is 6.07 Å². The first-order chi connectivity index (χ1) is 20.4. The van der Waals surface area contributed by atoms with Crippen LogP contribution in [0.5, 0.6) is 28.7 Å². The average Bonchev–Trinajstić information content (AvgIpc) is 2.98. The van der Waals surface area contributed by atoms with Gasteiger partial charge >= 0.3 is 0 Å². The molecule has 11 unspecified atom stereocenters. The van der Waals surface area contributed by atoms with Gasteiger partial charge in [0.15, 0.2) is 17.3 Å². The van der Waals surface area contributed by atoms with Gasteiger partial charge in [-0.2, -0.15) is 0 Å². The second kappa shape index (κ2) is 12.3. The molecule has 12 N–H and O–H groups in total.